The number of imidazole rings is 1. The lowest BCUT2D eigenvalue weighted by molar-refractivity contribution is 0.464. The number of rotatable bonds is 6. The van der Waals surface area contributed by atoms with E-state index < -0.39 is 0 Å². The summed E-state index contributed by atoms with van der Waals surface area (Å²) in [5, 5.41) is 10.2. The van der Waals surface area contributed by atoms with Gasteiger partial charge < -0.3 is 15.2 Å². The number of halogens is 1. The zero-order valence-corrected chi connectivity index (χ0v) is 19.7. The number of H-pyrrole nitrogens is 2. The predicted octanol–water partition coefficient (Wildman–Crippen LogP) is 3.69. The Morgan fingerprint density at radius 3 is 2.61 bits per heavy atom. The minimum atomic E-state index is 0. The molecule has 0 aliphatic rings. The van der Waals surface area contributed by atoms with E-state index in [1.807, 2.05) is 48.5 Å². The molecule has 3 N–H and O–H groups in total. The summed E-state index contributed by atoms with van der Waals surface area (Å²) in [5.74, 6) is 2.43. The van der Waals surface area contributed by atoms with Gasteiger partial charge in [-0.2, -0.15) is 5.10 Å². The molecule has 0 spiro atoms. The molecule has 31 heavy (non-hydrogen) atoms. The third-order valence-corrected chi connectivity index (χ3v) is 4.74. The summed E-state index contributed by atoms with van der Waals surface area (Å²) >= 11 is 0. The molecular weight excluding hydrogens is 503 g/mol. The second kappa shape index (κ2) is 10.7. The van der Waals surface area contributed by atoms with Gasteiger partial charge in [0.1, 0.15) is 12.2 Å². The second-order valence-corrected chi connectivity index (χ2v) is 6.90. The van der Waals surface area contributed by atoms with Crippen LogP contribution in [0.5, 0.6) is 0 Å². The summed E-state index contributed by atoms with van der Waals surface area (Å²) in [7, 11) is 3.77. The molecule has 0 aliphatic carbocycles. The minimum Gasteiger partial charge on any atom is -0.352 e. The Bertz CT molecular complexity index is 1110. The normalized spacial score (nSPS) is 11.1. The van der Waals surface area contributed by atoms with Crippen LogP contribution in [-0.2, 0) is 13.1 Å². The Labute approximate surface area is 198 Å². The highest BCUT2D eigenvalue weighted by Crippen LogP contribution is 2.17. The predicted molar refractivity (Wildman–Crippen MR) is 133 cm³/mol. The lowest BCUT2D eigenvalue weighted by Crippen LogP contribution is -2.38. The van der Waals surface area contributed by atoms with Crippen molar-refractivity contribution in [2.75, 3.05) is 14.1 Å². The van der Waals surface area contributed by atoms with Gasteiger partial charge in [-0.15, -0.1) is 24.0 Å². The van der Waals surface area contributed by atoms with Crippen LogP contribution in [0.25, 0.3) is 22.6 Å². The summed E-state index contributed by atoms with van der Waals surface area (Å²) < 4.78 is 0. The summed E-state index contributed by atoms with van der Waals surface area (Å²) in [4.78, 5) is 18.5. The molecule has 2 aromatic carbocycles. The molecule has 0 atom stereocenters. The van der Waals surface area contributed by atoms with Crippen molar-refractivity contribution in [3.63, 3.8) is 0 Å². The van der Waals surface area contributed by atoms with Crippen molar-refractivity contribution in [3.8, 4) is 22.6 Å². The SMILES string of the molecule is CN=C(NCc1cccc(-c2ncn[nH]2)c1)N(C)Cc1ncc(-c2ccccc2)[nH]1.I. The van der Waals surface area contributed by atoms with Gasteiger partial charge in [0.25, 0.3) is 0 Å². The number of nitrogens with one attached hydrogen (secondary N) is 3. The van der Waals surface area contributed by atoms with E-state index in [1.54, 1.807) is 7.05 Å². The van der Waals surface area contributed by atoms with Gasteiger partial charge in [-0.25, -0.2) is 9.97 Å². The largest absolute Gasteiger partial charge is 0.352 e. The molecule has 0 aliphatic heterocycles. The molecule has 0 unspecified atom stereocenters. The summed E-state index contributed by atoms with van der Waals surface area (Å²) in [6, 6.07) is 18.3. The zero-order valence-electron chi connectivity index (χ0n) is 17.4. The van der Waals surface area contributed by atoms with Crippen molar-refractivity contribution in [3.05, 3.63) is 78.5 Å². The lowest BCUT2D eigenvalue weighted by atomic mass is 10.1. The van der Waals surface area contributed by atoms with Gasteiger partial charge in [-0.3, -0.25) is 10.1 Å². The Morgan fingerprint density at radius 1 is 1.06 bits per heavy atom. The van der Waals surface area contributed by atoms with Crippen LogP contribution in [0.2, 0.25) is 0 Å². The van der Waals surface area contributed by atoms with Gasteiger partial charge in [-0.05, 0) is 17.2 Å². The topological polar surface area (TPSA) is 97.9 Å². The molecule has 4 aromatic rings. The van der Waals surface area contributed by atoms with Gasteiger partial charge >= 0.3 is 0 Å². The summed E-state index contributed by atoms with van der Waals surface area (Å²) in [6.45, 7) is 1.26. The molecule has 2 aromatic heterocycles. The van der Waals surface area contributed by atoms with Crippen molar-refractivity contribution in [2.24, 2.45) is 4.99 Å². The van der Waals surface area contributed by atoms with Crippen LogP contribution < -0.4 is 5.32 Å². The lowest BCUT2D eigenvalue weighted by Gasteiger charge is -2.21. The van der Waals surface area contributed by atoms with E-state index in [-0.39, 0.29) is 24.0 Å². The average molecular weight is 528 g/mol. The quantitative estimate of drug-likeness (QED) is 0.202. The third kappa shape index (κ3) is 5.69. The Hall–Kier alpha value is -3.21. The monoisotopic (exact) mass is 528 g/mol. The van der Waals surface area contributed by atoms with Crippen LogP contribution >= 0.6 is 24.0 Å². The molecule has 0 amide bonds. The first-order chi connectivity index (χ1) is 14.7. The van der Waals surface area contributed by atoms with Gasteiger partial charge in [0.05, 0.1) is 18.4 Å². The van der Waals surface area contributed by atoms with Crippen LogP contribution in [0.3, 0.4) is 0 Å². The first kappa shape index (κ1) is 22.5. The molecule has 0 saturated heterocycles. The van der Waals surface area contributed by atoms with Crippen LogP contribution in [0, 0.1) is 0 Å². The molecule has 0 radical (unpaired) electrons. The Morgan fingerprint density at radius 2 is 1.87 bits per heavy atom. The van der Waals surface area contributed by atoms with E-state index in [4.69, 9.17) is 0 Å². The van der Waals surface area contributed by atoms with E-state index in [2.05, 4.69) is 59.7 Å². The highest BCUT2D eigenvalue weighted by Gasteiger charge is 2.10. The van der Waals surface area contributed by atoms with Gasteiger partial charge in [0, 0.05) is 26.2 Å². The van der Waals surface area contributed by atoms with Gasteiger partial charge in [0.2, 0.25) is 0 Å². The molecular formula is C22H25IN8. The Kier molecular flexibility index (Phi) is 7.76. The maximum absolute atomic E-state index is 4.51. The number of aromatic nitrogens is 5. The molecule has 8 nitrogen and oxygen atoms in total. The van der Waals surface area contributed by atoms with Crippen LogP contribution in [0.4, 0.5) is 0 Å². The zero-order chi connectivity index (χ0) is 20.8. The van der Waals surface area contributed by atoms with Crippen molar-refractivity contribution < 1.29 is 0 Å². The molecule has 0 bridgehead atoms. The van der Waals surface area contributed by atoms with E-state index in [0.29, 0.717) is 13.1 Å². The maximum atomic E-state index is 4.51. The number of nitrogens with zero attached hydrogens (tertiary/aromatic N) is 5. The molecule has 4 rings (SSSR count). The first-order valence-electron chi connectivity index (χ1n) is 9.68. The number of aliphatic imine (C=N–C) groups is 1. The number of benzene rings is 2. The fourth-order valence-electron chi connectivity index (χ4n) is 3.25. The van der Waals surface area contributed by atoms with E-state index in [0.717, 1.165) is 40.0 Å². The van der Waals surface area contributed by atoms with E-state index >= 15 is 0 Å². The molecule has 160 valence electrons. The van der Waals surface area contributed by atoms with Crippen LogP contribution in [0.15, 0.2) is 72.1 Å². The van der Waals surface area contributed by atoms with Crippen molar-refractivity contribution in [1.82, 2.24) is 35.4 Å². The number of guanidine groups is 1. The van der Waals surface area contributed by atoms with Crippen LogP contribution in [-0.4, -0.2) is 50.1 Å². The molecule has 0 fully saturated rings. The van der Waals surface area contributed by atoms with Crippen LogP contribution in [0.1, 0.15) is 11.4 Å². The van der Waals surface area contributed by atoms with Gasteiger partial charge in [-0.1, -0.05) is 48.5 Å². The highest BCUT2D eigenvalue weighted by atomic mass is 127. The number of hydrogen-bond donors (Lipinski definition) is 3. The number of aromatic amines is 2. The molecule has 0 saturated carbocycles. The fourth-order valence-corrected chi connectivity index (χ4v) is 3.25. The second-order valence-electron chi connectivity index (χ2n) is 6.90. The summed E-state index contributed by atoms with van der Waals surface area (Å²) in [5.41, 5.74) is 4.25. The van der Waals surface area contributed by atoms with Gasteiger partial charge in [0.15, 0.2) is 11.8 Å². The maximum Gasteiger partial charge on any atom is 0.194 e. The summed E-state index contributed by atoms with van der Waals surface area (Å²) in [6.07, 6.45) is 3.37. The molecule has 9 heteroatoms. The first-order valence-corrected chi connectivity index (χ1v) is 9.68. The van der Waals surface area contributed by atoms with E-state index in [9.17, 15) is 0 Å². The number of hydrogen-bond acceptors (Lipinski definition) is 4. The smallest absolute Gasteiger partial charge is 0.194 e. The van der Waals surface area contributed by atoms with Crippen molar-refractivity contribution >= 4 is 29.9 Å². The average Bonchev–Trinajstić information content (AvgIpc) is 3.48. The Balaban J connectivity index is 0.00000272. The third-order valence-electron chi connectivity index (χ3n) is 4.74. The molecule has 2 heterocycles. The standard InChI is InChI=1S/C22H24N8.HI/c1-23-22(25-12-16-7-6-10-18(11-16)21-26-15-27-29-21)30(2)14-20-24-13-19(28-20)17-8-4-3-5-9-17;/h3-11,13,15H,12,14H2,1-2H3,(H,23,25)(H,24,28)(H,26,27,29);1H. The fraction of sp³-hybridized carbons (Fsp3) is 0.182. The highest BCUT2D eigenvalue weighted by molar-refractivity contribution is 14.0. The van der Waals surface area contributed by atoms with Crippen molar-refractivity contribution in [1.29, 1.82) is 0 Å². The minimum absolute atomic E-state index is 0. The van der Waals surface area contributed by atoms with Crippen molar-refractivity contribution in [2.45, 2.75) is 13.1 Å². The van der Waals surface area contributed by atoms with E-state index in [1.165, 1.54) is 6.33 Å².